The maximum atomic E-state index is 12.6. The highest BCUT2D eigenvalue weighted by molar-refractivity contribution is 6.05. The normalized spacial score (nSPS) is 17.8. The summed E-state index contributed by atoms with van der Waals surface area (Å²) in [7, 11) is 0. The van der Waals surface area contributed by atoms with E-state index in [-0.39, 0.29) is 11.8 Å². The van der Waals surface area contributed by atoms with Gasteiger partial charge in [0.05, 0.1) is 5.69 Å². The van der Waals surface area contributed by atoms with Crippen LogP contribution in [0.25, 0.3) is 17.2 Å². The van der Waals surface area contributed by atoms with Gasteiger partial charge in [-0.2, -0.15) is 0 Å². The minimum atomic E-state index is -0.875. The molecular formula is C28H32N2O3. The quantitative estimate of drug-likeness (QED) is 0.540. The molecule has 2 aliphatic rings. The molecule has 0 saturated carbocycles. The molecule has 33 heavy (non-hydrogen) atoms. The SMILES string of the molecule is CCCC1=Nc2ccc(-c3ccc(C(=O)N4CCCC4)cc3)cc2C=C(C(=O)O)C1CCC. The number of aliphatic carboxylic acids is 1. The lowest BCUT2D eigenvalue weighted by Crippen LogP contribution is -2.27. The van der Waals surface area contributed by atoms with E-state index in [0.29, 0.717) is 11.1 Å². The monoisotopic (exact) mass is 444 g/mol. The Morgan fingerprint density at radius 3 is 2.33 bits per heavy atom. The Kier molecular flexibility index (Phi) is 7.07. The minimum Gasteiger partial charge on any atom is -0.478 e. The summed E-state index contributed by atoms with van der Waals surface area (Å²) in [6, 6.07) is 13.7. The molecule has 2 aliphatic heterocycles. The van der Waals surface area contributed by atoms with Crippen LogP contribution in [0, 0.1) is 5.92 Å². The highest BCUT2D eigenvalue weighted by Crippen LogP contribution is 2.36. The van der Waals surface area contributed by atoms with Gasteiger partial charge < -0.3 is 10.0 Å². The van der Waals surface area contributed by atoms with E-state index in [1.165, 1.54) is 0 Å². The first-order chi connectivity index (χ1) is 16.0. The number of carboxylic acids is 1. The van der Waals surface area contributed by atoms with Crippen molar-refractivity contribution < 1.29 is 14.7 Å². The maximum absolute atomic E-state index is 12.6. The average Bonchev–Trinajstić information content (AvgIpc) is 3.31. The van der Waals surface area contributed by atoms with Crippen LogP contribution in [0.5, 0.6) is 0 Å². The molecule has 5 nitrogen and oxygen atoms in total. The molecule has 4 rings (SSSR count). The highest BCUT2D eigenvalue weighted by Gasteiger charge is 2.27. The molecule has 2 aromatic carbocycles. The van der Waals surface area contributed by atoms with Gasteiger partial charge in [0.1, 0.15) is 0 Å². The van der Waals surface area contributed by atoms with Crippen molar-refractivity contribution in [2.75, 3.05) is 13.1 Å². The van der Waals surface area contributed by atoms with Crippen LogP contribution in [-0.2, 0) is 4.79 Å². The van der Waals surface area contributed by atoms with E-state index in [1.807, 2.05) is 47.4 Å². The second-order valence-corrected chi connectivity index (χ2v) is 8.95. The lowest BCUT2D eigenvalue weighted by Gasteiger charge is -2.18. The molecule has 172 valence electrons. The van der Waals surface area contributed by atoms with E-state index in [0.717, 1.165) is 79.7 Å². The summed E-state index contributed by atoms with van der Waals surface area (Å²) in [5.41, 5.74) is 5.72. The lowest BCUT2D eigenvalue weighted by molar-refractivity contribution is -0.133. The minimum absolute atomic E-state index is 0.0924. The first-order valence-corrected chi connectivity index (χ1v) is 12.1. The Hall–Kier alpha value is -3.21. The van der Waals surface area contributed by atoms with Gasteiger partial charge in [0, 0.05) is 41.4 Å². The van der Waals surface area contributed by atoms with E-state index in [9.17, 15) is 14.7 Å². The summed E-state index contributed by atoms with van der Waals surface area (Å²) in [5, 5.41) is 9.97. The van der Waals surface area contributed by atoms with E-state index < -0.39 is 5.97 Å². The molecular weight excluding hydrogens is 412 g/mol. The molecule has 1 amide bonds. The van der Waals surface area contributed by atoms with Crippen molar-refractivity contribution in [2.45, 2.75) is 52.4 Å². The predicted molar refractivity (Wildman–Crippen MR) is 133 cm³/mol. The summed E-state index contributed by atoms with van der Waals surface area (Å²) < 4.78 is 0. The predicted octanol–water partition coefficient (Wildman–Crippen LogP) is 6.36. The Balaban J connectivity index is 1.68. The van der Waals surface area contributed by atoms with Crippen molar-refractivity contribution in [3.05, 3.63) is 59.2 Å². The van der Waals surface area contributed by atoms with Gasteiger partial charge in [0.15, 0.2) is 0 Å². The number of fused-ring (bicyclic) bond motifs is 1. The average molecular weight is 445 g/mol. The van der Waals surface area contributed by atoms with Crippen LogP contribution in [0.4, 0.5) is 5.69 Å². The third-order valence-electron chi connectivity index (χ3n) is 6.57. The number of rotatable bonds is 7. The Bertz CT molecular complexity index is 1090. The fourth-order valence-electron chi connectivity index (χ4n) is 4.85. The molecule has 0 aromatic heterocycles. The second-order valence-electron chi connectivity index (χ2n) is 8.95. The summed E-state index contributed by atoms with van der Waals surface area (Å²) in [4.78, 5) is 31.6. The van der Waals surface area contributed by atoms with Crippen LogP contribution in [0.3, 0.4) is 0 Å². The number of likely N-dealkylation sites (tertiary alicyclic amines) is 1. The zero-order chi connectivity index (χ0) is 23.4. The zero-order valence-electron chi connectivity index (χ0n) is 19.5. The highest BCUT2D eigenvalue weighted by atomic mass is 16.4. The molecule has 0 spiro atoms. The number of hydrogen-bond donors (Lipinski definition) is 1. The van der Waals surface area contributed by atoms with E-state index in [4.69, 9.17) is 4.99 Å². The number of carbonyl (C=O) groups excluding carboxylic acids is 1. The van der Waals surface area contributed by atoms with E-state index in [2.05, 4.69) is 13.8 Å². The molecule has 0 radical (unpaired) electrons. The second kappa shape index (κ2) is 10.2. The molecule has 0 aliphatic carbocycles. The number of carbonyl (C=O) groups is 2. The smallest absolute Gasteiger partial charge is 0.332 e. The molecule has 1 N–H and O–H groups in total. The molecule has 5 heteroatoms. The van der Waals surface area contributed by atoms with Crippen molar-refractivity contribution >= 4 is 29.4 Å². The third kappa shape index (κ3) is 4.92. The van der Waals surface area contributed by atoms with Crippen LogP contribution in [0.1, 0.15) is 68.3 Å². The molecule has 0 bridgehead atoms. The van der Waals surface area contributed by atoms with Crippen LogP contribution >= 0.6 is 0 Å². The van der Waals surface area contributed by atoms with E-state index in [1.54, 1.807) is 6.08 Å². The summed E-state index contributed by atoms with van der Waals surface area (Å²) in [6.07, 6.45) is 7.37. The van der Waals surface area contributed by atoms with Crippen LogP contribution in [0.15, 0.2) is 53.0 Å². The van der Waals surface area contributed by atoms with Crippen molar-refractivity contribution in [3.63, 3.8) is 0 Å². The van der Waals surface area contributed by atoms with Gasteiger partial charge in [0.25, 0.3) is 5.91 Å². The lowest BCUT2D eigenvalue weighted by atomic mass is 9.87. The maximum Gasteiger partial charge on any atom is 0.332 e. The van der Waals surface area contributed by atoms with Gasteiger partial charge in [-0.25, -0.2) is 4.79 Å². The molecule has 1 atom stereocenters. The van der Waals surface area contributed by atoms with Gasteiger partial charge in [-0.05, 0) is 67.2 Å². The number of aliphatic imine (C=N–C) groups is 1. The third-order valence-corrected chi connectivity index (χ3v) is 6.57. The number of amides is 1. The summed E-state index contributed by atoms with van der Waals surface area (Å²) >= 11 is 0. The van der Waals surface area contributed by atoms with Gasteiger partial charge in [-0.1, -0.05) is 44.9 Å². The molecule has 1 fully saturated rings. The molecule has 1 unspecified atom stereocenters. The standard InChI is InChI=1S/C28H32N2O3/c1-3-7-23-24(28(32)33)18-22-17-21(13-14-25(22)29-26(23)8-4-2)19-9-11-20(12-10-19)27(31)30-15-5-6-16-30/h9-14,17-18,23H,3-8,15-16H2,1-2H3,(H,32,33). The first kappa shape index (κ1) is 23.0. The number of benzene rings is 2. The Morgan fingerprint density at radius 2 is 1.70 bits per heavy atom. The van der Waals surface area contributed by atoms with Crippen molar-refractivity contribution in [1.82, 2.24) is 4.90 Å². The molecule has 2 aromatic rings. The van der Waals surface area contributed by atoms with Gasteiger partial charge >= 0.3 is 5.97 Å². The summed E-state index contributed by atoms with van der Waals surface area (Å²) in [5.74, 6) is -0.936. The van der Waals surface area contributed by atoms with Crippen LogP contribution in [-0.4, -0.2) is 40.7 Å². The van der Waals surface area contributed by atoms with Gasteiger partial charge in [-0.3, -0.25) is 9.79 Å². The van der Waals surface area contributed by atoms with Gasteiger partial charge in [-0.15, -0.1) is 0 Å². The number of carboxylic acid groups (broad SMARTS) is 1. The van der Waals surface area contributed by atoms with Crippen LogP contribution < -0.4 is 0 Å². The zero-order valence-corrected chi connectivity index (χ0v) is 19.5. The van der Waals surface area contributed by atoms with E-state index >= 15 is 0 Å². The number of nitrogens with zero attached hydrogens (tertiary/aromatic N) is 2. The van der Waals surface area contributed by atoms with Gasteiger partial charge in [0.2, 0.25) is 0 Å². The largest absolute Gasteiger partial charge is 0.478 e. The fraction of sp³-hybridized carbons (Fsp3) is 0.393. The fourth-order valence-corrected chi connectivity index (χ4v) is 4.85. The van der Waals surface area contributed by atoms with Crippen molar-refractivity contribution in [1.29, 1.82) is 0 Å². The summed E-state index contributed by atoms with van der Waals surface area (Å²) in [6.45, 7) is 5.85. The topological polar surface area (TPSA) is 70.0 Å². The molecule has 1 saturated heterocycles. The Labute approximate surface area is 195 Å². The first-order valence-electron chi connectivity index (χ1n) is 12.1. The number of hydrogen-bond acceptors (Lipinski definition) is 3. The van der Waals surface area contributed by atoms with Crippen molar-refractivity contribution in [3.8, 4) is 11.1 Å². The Morgan fingerprint density at radius 1 is 1.00 bits per heavy atom. The van der Waals surface area contributed by atoms with Crippen LogP contribution in [0.2, 0.25) is 0 Å². The van der Waals surface area contributed by atoms with Crippen molar-refractivity contribution in [2.24, 2.45) is 10.9 Å². The molecule has 2 heterocycles.